The third kappa shape index (κ3) is 3.31. The third-order valence-corrected chi connectivity index (χ3v) is 4.78. The number of pyridine rings is 1. The molecule has 4 aromatic rings. The lowest BCUT2D eigenvalue weighted by atomic mass is 10.0. The van der Waals surface area contributed by atoms with Crippen LogP contribution in [0, 0.1) is 10.1 Å². The Hall–Kier alpha value is -4.07. The molecule has 0 aliphatic rings. The first-order chi connectivity index (χ1) is 14.0. The quantitative estimate of drug-likeness (QED) is 0.384. The fourth-order valence-electron chi connectivity index (χ4n) is 3.21. The van der Waals surface area contributed by atoms with Crippen LogP contribution in [0.5, 0.6) is 0 Å². The monoisotopic (exact) mass is 388 g/mol. The lowest BCUT2D eigenvalue weighted by Gasteiger charge is -2.06. The van der Waals surface area contributed by atoms with Crippen molar-refractivity contribution in [2.75, 3.05) is 0 Å². The number of non-ortho nitro benzene ring substituents is 1. The molecular weight excluding hydrogens is 372 g/mol. The number of aromatic carboxylic acids is 1. The van der Waals surface area contributed by atoms with Crippen LogP contribution < -0.4 is 0 Å². The summed E-state index contributed by atoms with van der Waals surface area (Å²) in [5.41, 5.74) is 3.81. The number of carboxylic acid groups (broad SMARTS) is 1. The van der Waals surface area contributed by atoms with Gasteiger partial charge in [-0.1, -0.05) is 31.2 Å². The van der Waals surface area contributed by atoms with E-state index in [-0.39, 0.29) is 16.9 Å². The van der Waals surface area contributed by atoms with Crippen molar-refractivity contribution in [3.8, 4) is 22.5 Å². The highest BCUT2D eigenvalue weighted by Gasteiger charge is 2.20. The number of fused-ring (bicyclic) bond motifs is 1. The van der Waals surface area contributed by atoms with Gasteiger partial charge in [0.1, 0.15) is 0 Å². The summed E-state index contributed by atoms with van der Waals surface area (Å²) in [6.07, 6.45) is 0.908. The SMILES string of the molecule is CCc1ccc(-c2cc(C(=O)O)c3c(-c4ccc([N+](=O)[O-])cc4)[nH]nc3n2)cc1. The smallest absolute Gasteiger partial charge is 0.336 e. The summed E-state index contributed by atoms with van der Waals surface area (Å²) in [7, 11) is 0. The highest BCUT2D eigenvalue weighted by molar-refractivity contribution is 6.08. The van der Waals surface area contributed by atoms with Crippen molar-refractivity contribution in [2.24, 2.45) is 0 Å². The molecule has 144 valence electrons. The maximum atomic E-state index is 12.0. The standard InChI is InChI=1S/C21H16N4O4/c1-2-12-3-5-13(6-4-12)17-11-16(21(26)27)18-19(23-24-20(18)22-17)14-7-9-15(10-8-14)25(28)29/h3-11H,2H2,1H3,(H,26,27)(H,22,23,24). The largest absolute Gasteiger partial charge is 0.478 e. The number of aromatic nitrogens is 3. The van der Waals surface area contributed by atoms with E-state index in [2.05, 4.69) is 22.1 Å². The molecule has 0 saturated heterocycles. The number of nitrogens with zero attached hydrogens (tertiary/aromatic N) is 3. The van der Waals surface area contributed by atoms with Gasteiger partial charge in [0.25, 0.3) is 5.69 Å². The molecule has 0 bridgehead atoms. The summed E-state index contributed by atoms with van der Waals surface area (Å²) < 4.78 is 0. The Morgan fingerprint density at radius 3 is 2.34 bits per heavy atom. The lowest BCUT2D eigenvalue weighted by Crippen LogP contribution is -2.00. The van der Waals surface area contributed by atoms with Gasteiger partial charge in [0, 0.05) is 23.3 Å². The van der Waals surface area contributed by atoms with Crippen LogP contribution in [0.3, 0.4) is 0 Å². The van der Waals surface area contributed by atoms with E-state index in [1.165, 1.54) is 23.8 Å². The first-order valence-electron chi connectivity index (χ1n) is 8.94. The van der Waals surface area contributed by atoms with E-state index in [0.717, 1.165) is 12.0 Å². The zero-order valence-electron chi connectivity index (χ0n) is 15.4. The van der Waals surface area contributed by atoms with Crippen molar-refractivity contribution in [1.29, 1.82) is 0 Å². The molecule has 8 heteroatoms. The fraction of sp³-hybridized carbons (Fsp3) is 0.0952. The number of nitro benzene ring substituents is 1. The van der Waals surface area contributed by atoms with Gasteiger partial charge < -0.3 is 5.11 Å². The molecule has 0 aliphatic carbocycles. The maximum Gasteiger partial charge on any atom is 0.336 e. The van der Waals surface area contributed by atoms with Gasteiger partial charge >= 0.3 is 5.97 Å². The number of aryl methyl sites for hydroxylation is 1. The van der Waals surface area contributed by atoms with Crippen molar-refractivity contribution in [3.63, 3.8) is 0 Å². The van der Waals surface area contributed by atoms with Crippen LogP contribution in [-0.4, -0.2) is 31.2 Å². The van der Waals surface area contributed by atoms with Crippen LogP contribution in [0.4, 0.5) is 5.69 Å². The molecule has 0 saturated carbocycles. The predicted molar refractivity (Wildman–Crippen MR) is 108 cm³/mol. The Morgan fingerprint density at radius 1 is 1.10 bits per heavy atom. The van der Waals surface area contributed by atoms with Crippen LogP contribution >= 0.6 is 0 Å². The van der Waals surface area contributed by atoms with Gasteiger partial charge in [-0.05, 0) is 30.2 Å². The van der Waals surface area contributed by atoms with E-state index in [1.54, 1.807) is 12.1 Å². The molecule has 29 heavy (non-hydrogen) atoms. The molecule has 0 unspecified atom stereocenters. The van der Waals surface area contributed by atoms with Gasteiger partial charge in [0.15, 0.2) is 5.65 Å². The zero-order chi connectivity index (χ0) is 20.5. The average molecular weight is 388 g/mol. The number of nitro groups is 1. The van der Waals surface area contributed by atoms with Crippen LogP contribution in [0.2, 0.25) is 0 Å². The summed E-state index contributed by atoms with van der Waals surface area (Å²) in [6.45, 7) is 2.06. The molecule has 2 aromatic heterocycles. The highest BCUT2D eigenvalue weighted by Crippen LogP contribution is 2.32. The fourth-order valence-corrected chi connectivity index (χ4v) is 3.21. The van der Waals surface area contributed by atoms with E-state index in [1.807, 2.05) is 24.3 Å². The molecule has 4 rings (SSSR count). The summed E-state index contributed by atoms with van der Waals surface area (Å²) in [4.78, 5) is 26.9. The summed E-state index contributed by atoms with van der Waals surface area (Å²) in [6, 6.07) is 15.1. The number of H-pyrrole nitrogens is 1. The average Bonchev–Trinajstić information content (AvgIpc) is 3.17. The number of carboxylic acids is 1. The molecule has 0 radical (unpaired) electrons. The number of benzene rings is 2. The first kappa shape index (κ1) is 18.3. The molecule has 0 spiro atoms. The molecule has 8 nitrogen and oxygen atoms in total. The number of carbonyl (C=O) groups is 1. The van der Waals surface area contributed by atoms with Crippen LogP contribution in [0.15, 0.2) is 54.6 Å². The van der Waals surface area contributed by atoms with Crippen molar-refractivity contribution in [1.82, 2.24) is 15.2 Å². The second-order valence-corrected chi connectivity index (χ2v) is 6.51. The second-order valence-electron chi connectivity index (χ2n) is 6.51. The normalized spacial score (nSPS) is 10.9. The minimum absolute atomic E-state index is 0.0491. The number of aromatic amines is 1. The third-order valence-electron chi connectivity index (χ3n) is 4.78. The molecular formula is C21H16N4O4. The minimum Gasteiger partial charge on any atom is -0.478 e. The van der Waals surface area contributed by atoms with E-state index < -0.39 is 10.9 Å². The van der Waals surface area contributed by atoms with Crippen molar-refractivity contribution in [3.05, 3.63) is 75.8 Å². The molecule has 2 N–H and O–H groups in total. The first-order valence-corrected chi connectivity index (χ1v) is 8.94. The van der Waals surface area contributed by atoms with Gasteiger partial charge in [-0.3, -0.25) is 15.2 Å². The number of nitrogens with one attached hydrogen (secondary N) is 1. The van der Waals surface area contributed by atoms with Gasteiger partial charge in [-0.2, -0.15) is 5.10 Å². The van der Waals surface area contributed by atoms with Gasteiger partial charge in [0.2, 0.25) is 0 Å². The van der Waals surface area contributed by atoms with E-state index >= 15 is 0 Å². The van der Waals surface area contributed by atoms with Crippen LogP contribution in [0.1, 0.15) is 22.8 Å². The Morgan fingerprint density at radius 2 is 1.76 bits per heavy atom. The Labute approximate surface area is 165 Å². The molecule has 0 atom stereocenters. The van der Waals surface area contributed by atoms with Gasteiger partial charge in [-0.25, -0.2) is 9.78 Å². The summed E-state index contributed by atoms with van der Waals surface area (Å²) in [5.74, 6) is -1.10. The van der Waals surface area contributed by atoms with Crippen molar-refractivity contribution < 1.29 is 14.8 Å². The van der Waals surface area contributed by atoms with Crippen molar-refractivity contribution in [2.45, 2.75) is 13.3 Å². The minimum atomic E-state index is -1.10. The summed E-state index contributed by atoms with van der Waals surface area (Å²) >= 11 is 0. The number of hydrogen-bond donors (Lipinski definition) is 2. The molecule has 2 heterocycles. The predicted octanol–water partition coefficient (Wildman–Crippen LogP) is 4.46. The molecule has 0 amide bonds. The Balaban J connectivity index is 1.86. The van der Waals surface area contributed by atoms with Gasteiger partial charge in [0.05, 0.1) is 27.3 Å². The van der Waals surface area contributed by atoms with E-state index in [9.17, 15) is 20.0 Å². The second kappa shape index (κ2) is 7.16. The van der Waals surface area contributed by atoms with E-state index in [0.29, 0.717) is 22.3 Å². The zero-order valence-corrected chi connectivity index (χ0v) is 15.4. The van der Waals surface area contributed by atoms with Crippen molar-refractivity contribution >= 4 is 22.7 Å². The molecule has 2 aromatic carbocycles. The topological polar surface area (TPSA) is 122 Å². The molecule has 0 fully saturated rings. The summed E-state index contributed by atoms with van der Waals surface area (Å²) in [5, 5.41) is 28.0. The lowest BCUT2D eigenvalue weighted by molar-refractivity contribution is -0.384. The molecule has 0 aliphatic heterocycles. The Kier molecular flexibility index (Phi) is 4.52. The maximum absolute atomic E-state index is 12.0. The highest BCUT2D eigenvalue weighted by atomic mass is 16.6. The van der Waals surface area contributed by atoms with Gasteiger partial charge in [-0.15, -0.1) is 0 Å². The number of hydrogen-bond acceptors (Lipinski definition) is 5. The number of rotatable bonds is 5. The van der Waals surface area contributed by atoms with Crippen LogP contribution in [-0.2, 0) is 6.42 Å². The Bertz CT molecular complexity index is 1230. The van der Waals surface area contributed by atoms with Crippen LogP contribution in [0.25, 0.3) is 33.5 Å². The van der Waals surface area contributed by atoms with E-state index in [4.69, 9.17) is 0 Å².